The van der Waals surface area contributed by atoms with Crippen LogP contribution < -0.4 is 5.32 Å². The number of carboxylic acid groups (broad SMARTS) is 1. The summed E-state index contributed by atoms with van der Waals surface area (Å²) in [6.45, 7) is 1.34. The summed E-state index contributed by atoms with van der Waals surface area (Å²) in [5.74, 6) is -6.71. The molecule has 9 nitrogen and oxygen atoms in total. The van der Waals surface area contributed by atoms with E-state index in [-0.39, 0.29) is 0 Å². The molecule has 0 heterocycles. The van der Waals surface area contributed by atoms with Crippen molar-refractivity contribution in [3.63, 3.8) is 0 Å². The van der Waals surface area contributed by atoms with Gasteiger partial charge in [-0.15, -0.1) is 0 Å². The summed E-state index contributed by atoms with van der Waals surface area (Å²) < 4.78 is 14.3. The van der Waals surface area contributed by atoms with Crippen molar-refractivity contribution in [2.24, 2.45) is 11.8 Å². The highest BCUT2D eigenvalue weighted by Gasteiger charge is 2.42. The Hall–Kier alpha value is -2.94. The maximum atomic E-state index is 12.6. The second-order valence-electron chi connectivity index (χ2n) is 5.73. The number of carboxylic acids is 1. The van der Waals surface area contributed by atoms with E-state index in [4.69, 9.17) is 4.74 Å². The highest BCUT2D eigenvalue weighted by Crippen LogP contribution is 2.22. The first kappa shape index (κ1) is 22.1. The van der Waals surface area contributed by atoms with Gasteiger partial charge in [0.05, 0.1) is 14.2 Å². The summed E-state index contributed by atoms with van der Waals surface area (Å²) in [6.07, 6.45) is -1.06. The minimum atomic E-state index is -1.55. The quantitative estimate of drug-likeness (QED) is 0.469. The Bertz CT molecular complexity index is 659. The number of aliphatic carboxylic acids is 1. The van der Waals surface area contributed by atoms with Gasteiger partial charge in [0, 0.05) is 13.0 Å². The molecule has 0 bridgehead atoms. The van der Waals surface area contributed by atoms with Crippen LogP contribution in [-0.2, 0) is 33.4 Å². The van der Waals surface area contributed by atoms with Gasteiger partial charge in [0.1, 0.15) is 6.04 Å². The molecule has 0 spiro atoms. The molecule has 0 aliphatic rings. The van der Waals surface area contributed by atoms with Crippen molar-refractivity contribution >= 4 is 23.8 Å². The minimum Gasteiger partial charge on any atom is -0.480 e. The number of carbonyl (C=O) groups is 4. The van der Waals surface area contributed by atoms with E-state index in [2.05, 4.69) is 14.8 Å². The number of nitrogens with one attached hydrogen (secondary N) is 1. The summed E-state index contributed by atoms with van der Waals surface area (Å²) in [4.78, 5) is 48.1. The van der Waals surface area contributed by atoms with E-state index in [0.29, 0.717) is 5.56 Å². The lowest BCUT2D eigenvalue weighted by Crippen LogP contribution is -2.51. The highest BCUT2D eigenvalue weighted by molar-refractivity contribution is 5.96. The van der Waals surface area contributed by atoms with E-state index in [1.807, 2.05) is 0 Å². The maximum absolute atomic E-state index is 12.6. The van der Waals surface area contributed by atoms with Crippen molar-refractivity contribution in [2.45, 2.75) is 19.1 Å². The molecule has 148 valence electrons. The van der Waals surface area contributed by atoms with Crippen LogP contribution in [0.1, 0.15) is 18.6 Å². The Morgan fingerprint density at radius 2 is 1.48 bits per heavy atom. The van der Waals surface area contributed by atoms with Crippen molar-refractivity contribution in [1.82, 2.24) is 5.32 Å². The third kappa shape index (κ3) is 5.52. The molecule has 1 aromatic rings. The Kier molecular flexibility index (Phi) is 8.40. The van der Waals surface area contributed by atoms with Gasteiger partial charge in [-0.05, 0) is 5.56 Å². The molecule has 3 atom stereocenters. The zero-order chi connectivity index (χ0) is 20.6. The van der Waals surface area contributed by atoms with E-state index < -0.39 is 47.8 Å². The lowest BCUT2D eigenvalue weighted by atomic mass is 9.87. The summed E-state index contributed by atoms with van der Waals surface area (Å²) in [6, 6.07) is 6.92. The number of methoxy groups -OCH3 is 3. The van der Waals surface area contributed by atoms with Crippen molar-refractivity contribution in [3.8, 4) is 0 Å². The fraction of sp³-hybridized carbons (Fsp3) is 0.444. The lowest BCUT2D eigenvalue weighted by Gasteiger charge is -2.27. The number of amides is 1. The zero-order valence-corrected chi connectivity index (χ0v) is 15.5. The largest absolute Gasteiger partial charge is 0.480 e. The third-order valence-electron chi connectivity index (χ3n) is 4.10. The monoisotopic (exact) mass is 381 g/mol. The normalized spacial score (nSPS) is 14.0. The average Bonchev–Trinajstić information content (AvgIpc) is 2.66. The van der Waals surface area contributed by atoms with Crippen molar-refractivity contribution in [1.29, 1.82) is 0 Å². The molecule has 2 N–H and O–H groups in total. The van der Waals surface area contributed by atoms with Crippen LogP contribution in [0.5, 0.6) is 0 Å². The highest BCUT2D eigenvalue weighted by atomic mass is 16.5. The summed E-state index contributed by atoms with van der Waals surface area (Å²) in [5, 5.41) is 11.8. The second-order valence-corrected chi connectivity index (χ2v) is 5.73. The van der Waals surface area contributed by atoms with E-state index >= 15 is 0 Å². The molecule has 0 aromatic heterocycles. The Labute approximate surface area is 156 Å². The molecular formula is C18H23NO8. The minimum absolute atomic E-state index is 0.520. The first-order valence-corrected chi connectivity index (χ1v) is 8.05. The molecular weight excluding hydrogens is 358 g/mol. The van der Waals surface area contributed by atoms with E-state index in [1.54, 1.807) is 30.3 Å². The first-order valence-electron chi connectivity index (χ1n) is 8.05. The molecule has 27 heavy (non-hydrogen) atoms. The summed E-state index contributed by atoms with van der Waals surface area (Å²) >= 11 is 0. The van der Waals surface area contributed by atoms with Gasteiger partial charge in [0.2, 0.25) is 0 Å². The van der Waals surface area contributed by atoms with Crippen LogP contribution in [-0.4, -0.2) is 56.3 Å². The molecule has 0 aliphatic heterocycles. The molecule has 1 rings (SSSR count). The third-order valence-corrected chi connectivity index (χ3v) is 4.10. The fourth-order valence-electron chi connectivity index (χ4n) is 2.64. The molecule has 0 saturated carbocycles. The maximum Gasteiger partial charge on any atom is 0.326 e. The first-order chi connectivity index (χ1) is 12.8. The Morgan fingerprint density at radius 1 is 0.963 bits per heavy atom. The average molecular weight is 381 g/mol. The van der Waals surface area contributed by atoms with Gasteiger partial charge < -0.3 is 24.6 Å². The van der Waals surface area contributed by atoms with E-state index in [1.165, 1.54) is 14.0 Å². The van der Waals surface area contributed by atoms with Crippen molar-refractivity contribution in [3.05, 3.63) is 35.9 Å². The van der Waals surface area contributed by atoms with Crippen LogP contribution in [0, 0.1) is 11.8 Å². The zero-order valence-electron chi connectivity index (χ0n) is 15.5. The number of carbonyl (C=O) groups excluding carboxylic acids is 3. The van der Waals surface area contributed by atoms with Crippen LogP contribution in [0.15, 0.2) is 30.3 Å². The van der Waals surface area contributed by atoms with Crippen LogP contribution in [0.25, 0.3) is 0 Å². The number of esters is 2. The predicted molar refractivity (Wildman–Crippen MR) is 92.4 cm³/mol. The standard InChI is InChI=1S/C18H23NO8/c1-10(12(17(23)26-3)18(24)27-4)13(16(21)22)19-15(20)14(25-2)11-8-6-5-7-9-11/h5-10,12-14H,1-4H3,(H,19,20)(H,21,22)/t10-,13+,14+/m0/s1. The lowest BCUT2D eigenvalue weighted by molar-refractivity contribution is -0.163. The molecule has 0 aliphatic carbocycles. The summed E-state index contributed by atoms with van der Waals surface area (Å²) in [5.41, 5.74) is 0.520. The number of ether oxygens (including phenoxy) is 3. The van der Waals surface area contributed by atoms with Gasteiger partial charge in [-0.3, -0.25) is 14.4 Å². The van der Waals surface area contributed by atoms with Crippen molar-refractivity contribution in [2.75, 3.05) is 21.3 Å². The SMILES string of the molecule is COC(=O)C(C(=O)OC)[C@H](C)[C@@H](NC(=O)[C@H](OC)c1ccccc1)C(=O)O. The van der Waals surface area contributed by atoms with Gasteiger partial charge in [-0.2, -0.15) is 0 Å². The molecule has 9 heteroatoms. The topological polar surface area (TPSA) is 128 Å². The molecule has 0 fully saturated rings. The van der Waals surface area contributed by atoms with Crippen LogP contribution in [0.3, 0.4) is 0 Å². The predicted octanol–water partition coefficient (Wildman–Crippen LogP) is 0.542. The smallest absolute Gasteiger partial charge is 0.326 e. The molecule has 0 saturated heterocycles. The van der Waals surface area contributed by atoms with Gasteiger partial charge in [-0.25, -0.2) is 4.79 Å². The number of rotatable bonds is 9. The number of hydrogen-bond donors (Lipinski definition) is 2. The molecule has 1 amide bonds. The molecule has 1 aromatic carbocycles. The van der Waals surface area contributed by atoms with Crippen molar-refractivity contribution < 1.29 is 38.5 Å². The Morgan fingerprint density at radius 3 is 1.89 bits per heavy atom. The molecule has 0 radical (unpaired) electrons. The van der Waals surface area contributed by atoms with Gasteiger partial charge in [-0.1, -0.05) is 37.3 Å². The van der Waals surface area contributed by atoms with Crippen LogP contribution in [0.2, 0.25) is 0 Å². The fourth-order valence-corrected chi connectivity index (χ4v) is 2.64. The summed E-state index contributed by atoms with van der Waals surface area (Å²) in [7, 11) is 3.44. The number of benzene rings is 1. The van der Waals surface area contributed by atoms with Gasteiger partial charge in [0.15, 0.2) is 12.0 Å². The van der Waals surface area contributed by atoms with Crippen LogP contribution >= 0.6 is 0 Å². The van der Waals surface area contributed by atoms with Gasteiger partial charge >= 0.3 is 17.9 Å². The Balaban J connectivity index is 3.09. The van der Waals surface area contributed by atoms with E-state index in [0.717, 1.165) is 14.2 Å². The molecule has 0 unspecified atom stereocenters. The van der Waals surface area contributed by atoms with E-state index in [9.17, 15) is 24.3 Å². The van der Waals surface area contributed by atoms with Crippen LogP contribution in [0.4, 0.5) is 0 Å². The van der Waals surface area contributed by atoms with Gasteiger partial charge in [0.25, 0.3) is 5.91 Å². The number of hydrogen-bond acceptors (Lipinski definition) is 7. The second kappa shape index (κ2) is 10.3.